The predicted octanol–water partition coefficient (Wildman–Crippen LogP) is 1.66. The fourth-order valence-electron chi connectivity index (χ4n) is 2.66. The first kappa shape index (κ1) is 15.4. The Kier molecular flexibility index (Phi) is 6.09. The minimum absolute atomic E-state index is 0.0570. The topological polar surface area (TPSA) is 35.6 Å². The van der Waals surface area contributed by atoms with Gasteiger partial charge in [0.1, 0.15) is 0 Å². The molecule has 1 aliphatic heterocycles. The van der Waals surface area contributed by atoms with E-state index in [2.05, 4.69) is 44.8 Å². The number of nitrogens with zero attached hydrogens (tertiary/aromatic N) is 2. The quantitative estimate of drug-likeness (QED) is 0.751. The highest BCUT2D eigenvalue weighted by Gasteiger charge is 2.30. The van der Waals surface area contributed by atoms with Crippen molar-refractivity contribution < 1.29 is 4.79 Å². The van der Waals surface area contributed by atoms with Gasteiger partial charge in [0.05, 0.1) is 12.7 Å². The second-order valence-electron chi connectivity index (χ2n) is 5.73. The molecule has 18 heavy (non-hydrogen) atoms. The van der Waals surface area contributed by atoms with Crippen LogP contribution in [-0.2, 0) is 4.79 Å². The van der Waals surface area contributed by atoms with Crippen LogP contribution in [0.25, 0.3) is 0 Å². The molecule has 0 bridgehead atoms. The molecule has 0 radical (unpaired) electrons. The fraction of sp³-hybridized carbons (Fsp3) is 0.929. The van der Waals surface area contributed by atoms with Gasteiger partial charge >= 0.3 is 0 Å². The Hall–Kier alpha value is -0.610. The van der Waals surface area contributed by atoms with Crippen LogP contribution in [0, 0.1) is 0 Å². The van der Waals surface area contributed by atoms with Crippen LogP contribution in [-0.4, -0.2) is 53.6 Å². The van der Waals surface area contributed by atoms with Crippen molar-refractivity contribution in [3.8, 4) is 0 Å². The minimum atomic E-state index is 0.0570. The smallest absolute Gasteiger partial charge is 0.240 e. The summed E-state index contributed by atoms with van der Waals surface area (Å²) in [5.41, 5.74) is 0. The van der Waals surface area contributed by atoms with Gasteiger partial charge < -0.3 is 4.90 Å². The van der Waals surface area contributed by atoms with E-state index in [1.807, 2.05) is 4.90 Å². The van der Waals surface area contributed by atoms with Crippen LogP contribution in [0.4, 0.5) is 0 Å². The molecule has 1 fully saturated rings. The summed E-state index contributed by atoms with van der Waals surface area (Å²) in [6, 6.07) is 1.12. The number of rotatable bonds is 7. The Morgan fingerprint density at radius 3 is 2.44 bits per heavy atom. The maximum Gasteiger partial charge on any atom is 0.240 e. The lowest BCUT2D eigenvalue weighted by Gasteiger charge is -2.32. The molecule has 1 amide bonds. The summed E-state index contributed by atoms with van der Waals surface area (Å²) in [6.45, 7) is 13.5. The van der Waals surface area contributed by atoms with E-state index in [-0.39, 0.29) is 11.9 Å². The molecular formula is C14H29N3O. The summed E-state index contributed by atoms with van der Waals surface area (Å²) in [5, 5.41) is 3.30. The van der Waals surface area contributed by atoms with Crippen molar-refractivity contribution in [3.05, 3.63) is 0 Å². The van der Waals surface area contributed by atoms with Crippen molar-refractivity contribution in [1.82, 2.24) is 15.1 Å². The van der Waals surface area contributed by atoms with E-state index in [0.29, 0.717) is 18.8 Å². The molecule has 1 heterocycles. The van der Waals surface area contributed by atoms with E-state index in [1.165, 1.54) is 0 Å². The van der Waals surface area contributed by atoms with Gasteiger partial charge in [-0.15, -0.1) is 0 Å². The molecule has 0 aromatic heterocycles. The highest BCUT2D eigenvalue weighted by atomic mass is 16.2. The number of amides is 1. The Morgan fingerprint density at radius 1 is 1.33 bits per heavy atom. The van der Waals surface area contributed by atoms with E-state index in [1.54, 1.807) is 0 Å². The van der Waals surface area contributed by atoms with Crippen LogP contribution in [0.2, 0.25) is 0 Å². The number of carbonyl (C=O) groups excluding carboxylic acids is 1. The zero-order valence-corrected chi connectivity index (χ0v) is 12.6. The Bertz CT molecular complexity index is 258. The van der Waals surface area contributed by atoms with E-state index in [4.69, 9.17) is 0 Å². The van der Waals surface area contributed by atoms with Crippen LogP contribution in [0.15, 0.2) is 0 Å². The Labute approximate surface area is 112 Å². The first-order valence-electron chi connectivity index (χ1n) is 7.25. The normalized spacial score (nSPS) is 20.8. The monoisotopic (exact) mass is 255 g/mol. The molecule has 0 saturated carbocycles. The van der Waals surface area contributed by atoms with Crippen molar-refractivity contribution in [3.63, 3.8) is 0 Å². The van der Waals surface area contributed by atoms with Gasteiger partial charge in [-0.1, -0.05) is 13.3 Å². The maximum atomic E-state index is 12.1. The standard InChI is InChI=1S/C14H29N3O/c1-6-7-13-14(18)16(10-15-13)8-9-17(11(2)3)12(4)5/h11-13,15H,6-10H2,1-5H3. The largest absolute Gasteiger partial charge is 0.327 e. The van der Waals surface area contributed by atoms with Gasteiger partial charge in [0, 0.05) is 25.2 Å². The zero-order chi connectivity index (χ0) is 13.7. The summed E-state index contributed by atoms with van der Waals surface area (Å²) in [6.07, 6.45) is 2.01. The van der Waals surface area contributed by atoms with Gasteiger partial charge in [-0.25, -0.2) is 0 Å². The van der Waals surface area contributed by atoms with Crippen molar-refractivity contribution in [2.75, 3.05) is 19.8 Å². The van der Waals surface area contributed by atoms with E-state index in [9.17, 15) is 4.79 Å². The number of hydrogen-bond donors (Lipinski definition) is 1. The summed E-state index contributed by atoms with van der Waals surface area (Å²) in [4.78, 5) is 16.5. The Balaban J connectivity index is 2.42. The Morgan fingerprint density at radius 2 is 1.94 bits per heavy atom. The third kappa shape index (κ3) is 3.95. The summed E-state index contributed by atoms with van der Waals surface area (Å²) >= 11 is 0. The van der Waals surface area contributed by atoms with Crippen LogP contribution in [0.1, 0.15) is 47.5 Å². The first-order valence-corrected chi connectivity index (χ1v) is 7.25. The summed E-state index contributed by atoms with van der Waals surface area (Å²) in [5.74, 6) is 0.282. The van der Waals surface area contributed by atoms with E-state index >= 15 is 0 Å². The average molecular weight is 255 g/mol. The molecule has 106 valence electrons. The van der Waals surface area contributed by atoms with Gasteiger partial charge in [-0.3, -0.25) is 15.0 Å². The van der Waals surface area contributed by atoms with Crippen LogP contribution in [0.3, 0.4) is 0 Å². The molecule has 1 rings (SSSR count). The molecule has 1 unspecified atom stereocenters. The molecule has 1 saturated heterocycles. The fourth-order valence-corrected chi connectivity index (χ4v) is 2.66. The summed E-state index contributed by atoms with van der Waals surface area (Å²) < 4.78 is 0. The van der Waals surface area contributed by atoms with Gasteiger partial charge in [-0.05, 0) is 34.1 Å². The van der Waals surface area contributed by atoms with Crippen LogP contribution >= 0.6 is 0 Å². The summed E-state index contributed by atoms with van der Waals surface area (Å²) in [7, 11) is 0. The molecule has 0 spiro atoms. The molecule has 1 atom stereocenters. The number of nitrogens with one attached hydrogen (secondary N) is 1. The van der Waals surface area contributed by atoms with E-state index < -0.39 is 0 Å². The highest BCUT2D eigenvalue weighted by Crippen LogP contribution is 2.10. The second kappa shape index (κ2) is 7.10. The van der Waals surface area contributed by atoms with E-state index in [0.717, 1.165) is 25.9 Å². The van der Waals surface area contributed by atoms with Crippen molar-refractivity contribution in [2.24, 2.45) is 0 Å². The lowest BCUT2D eigenvalue weighted by molar-refractivity contribution is -0.129. The first-order chi connectivity index (χ1) is 8.47. The third-order valence-electron chi connectivity index (χ3n) is 3.67. The average Bonchev–Trinajstić information content (AvgIpc) is 2.61. The molecule has 0 aliphatic carbocycles. The molecule has 0 aromatic carbocycles. The predicted molar refractivity (Wildman–Crippen MR) is 75.4 cm³/mol. The van der Waals surface area contributed by atoms with Crippen molar-refractivity contribution >= 4 is 5.91 Å². The lowest BCUT2D eigenvalue weighted by atomic mass is 10.1. The number of carbonyl (C=O) groups is 1. The van der Waals surface area contributed by atoms with Gasteiger partial charge in [-0.2, -0.15) is 0 Å². The third-order valence-corrected chi connectivity index (χ3v) is 3.67. The SMILES string of the molecule is CCCC1NCN(CCN(C(C)C)C(C)C)C1=O. The molecule has 1 aliphatic rings. The molecule has 1 N–H and O–H groups in total. The molecule has 0 aromatic rings. The van der Waals surface area contributed by atoms with Gasteiger partial charge in [0.2, 0.25) is 5.91 Å². The van der Waals surface area contributed by atoms with Gasteiger partial charge in [0.15, 0.2) is 0 Å². The van der Waals surface area contributed by atoms with Crippen LogP contribution < -0.4 is 5.32 Å². The van der Waals surface area contributed by atoms with Crippen molar-refractivity contribution in [2.45, 2.75) is 65.6 Å². The van der Waals surface area contributed by atoms with Crippen molar-refractivity contribution in [1.29, 1.82) is 0 Å². The van der Waals surface area contributed by atoms with Gasteiger partial charge in [0.25, 0.3) is 0 Å². The molecular weight excluding hydrogens is 226 g/mol. The highest BCUT2D eigenvalue weighted by molar-refractivity contribution is 5.83. The lowest BCUT2D eigenvalue weighted by Crippen LogP contribution is -2.43. The molecule has 4 heteroatoms. The zero-order valence-electron chi connectivity index (χ0n) is 12.6. The second-order valence-corrected chi connectivity index (χ2v) is 5.73. The molecule has 4 nitrogen and oxygen atoms in total. The minimum Gasteiger partial charge on any atom is -0.327 e. The van der Waals surface area contributed by atoms with Crippen LogP contribution in [0.5, 0.6) is 0 Å². The number of hydrogen-bond acceptors (Lipinski definition) is 3. The maximum absolute atomic E-state index is 12.1.